The molecule has 2 aromatic rings. The average molecular weight is 316 g/mol. The van der Waals surface area contributed by atoms with Gasteiger partial charge in [0, 0.05) is 11.1 Å². The van der Waals surface area contributed by atoms with Gasteiger partial charge in [-0.1, -0.05) is 30.4 Å². The predicted octanol–water partition coefficient (Wildman–Crippen LogP) is 3.38. The van der Waals surface area contributed by atoms with Crippen LogP contribution in [-0.4, -0.2) is 31.5 Å². The Morgan fingerprint density at radius 1 is 0.870 bits per heavy atom. The molecular weight excluding hydrogens is 296 g/mol. The molecule has 2 N–H and O–H groups in total. The van der Waals surface area contributed by atoms with E-state index in [1.807, 2.05) is 24.3 Å². The average Bonchev–Trinajstić information content (AvgIpc) is 2.55. The molecule has 0 radical (unpaired) electrons. The lowest BCUT2D eigenvalue weighted by atomic mass is 10.1. The fraction of sp³-hybridized carbons (Fsp3) is 0.222. The van der Waals surface area contributed by atoms with Crippen molar-refractivity contribution in [2.24, 2.45) is 0 Å². The van der Waals surface area contributed by atoms with Crippen molar-refractivity contribution < 1.29 is 24.4 Å². The molecule has 0 saturated carbocycles. The third-order valence-corrected chi connectivity index (χ3v) is 3.43. The van der Waals surface area contributed by atoms with Gasteiger partial charge in [-0.3, -0.25) is 0 Å². The van der Waals surface area contributed by atoms with Gasteiger partial charge in [-0.15, -0.1) is 0 Å². The lowest BCUT2D eigenvalue weighted by Gasteiger charge is -2.16. The van der Waals surface area contributed by atoms with E-state index in [2.05, 4.69) is 0 Å². The van der Waals surface area contributed by atoms with E-state index in [0.29, 0.717) is 17.9 Å². The zero-order valence-corrected chi connectivity index (χ0v) is 13.4. The monoisotopic (exact) mass is 316 g/mol. The maximum Gasteiger partial charge on any atom is 0.207 e. The minimum atomic E-state index is -0.0175. The summed E-state index contributed by atoms with van der Waals surface area (Å²) in [4.78, 5) is 0. The number of hydrogen-bond acceptors (Lipinski definition) is 5. The quantitative estimate of drug-likeness (QED) is 0.855. The number of methoxy groups -OCH3 is 3. The molecule has 2 aromatic carbocycles. The number of ether oxygens (including phenoxy) is 3. The van der Waals surface area contributed by atoms with E-state index < -0.39 is 0 Å². The molecule has 0 atom stereocenters. The van der Waals surface area contributed by atoms with Gasteiger partial charge in [0.25, 0.3) is 0 Å². The van der Waals surface area contributed by atoms with E-state index in [0.717, 1.165) is 11.1 Å². The number of phenols is 2. The van der Waals surface area contributed by atoms with E-state index in [9.17, 15) is 10.2 Å². The van der Waals surface area contributed by atoms with Crippen molar-refractivity contribution in [2.75, 3.05) is 21.3 Å². The first-order valence-electron chi connectivity index (χ1n) is 7.07. The second-order valence-corrected chi connectivity index (χ2v) is 4.82. The van der Waals surface area contributed by atoms with Crippen LogP contribution in [0.15, 0.2) is 36.4 Å². The molecule has 0 saturated heterocycles. The molecule has 122 valence electrons. The minimum absolute atomic E-state index is 0.0175. The van der Waals surface area contributed by atoms with Crippen LogP contribution < -0.4 is 14.2 Å². The summed E-state index contributed by atoms with van der Waals surface area (Å²) in [6.07, 6.45) is 4.17. The summed E-state index contributed by atoms with van der Waals surface area (Å²) < 4.78 is 15.8. The molecule has 0 bridgehead atoms. The van der Waals surface area contributed by atoms with Crippen molar-refractivity contribution in [3.8, 4) is 28.7 Å². The first-order chi connectivity index (χ1) is 11.1. The van der Waals surface area contributed by atoms with Crippen molar-refractivity contribution in [2.45, 2.75) is 6.42 Å². The molecule has 0 aliphatic heterocycles. The van der Waals surface area contributed by atoms with Gasteiger partial charge in [-0.2, -0.15) is 0 Å². The zero-order chi connectivity index (χ0) is 16.8. The van der Waals surface area contributed by atoms with Crippen LogP contribution in [0, 0.1) is 0 Å². The van der Waals surface area contributed by atoms with Crippen molar-refractivity contribution in [3.63, 3.8) is 0 Å². The van der Waals surface area contributed by atoms with Gasteiger partial charge >= 0.3 is 0 Å². The van der Waals surface area contributed by atoms with Gasteiger partial charge in [0.15, 0.2) is 11.5 Å². The molecule has 0 amide bonds. The molecule has 0 spiro atoms. The largest absolute Gasteiger partial charge is 0.507 e. The smallest absolute Gasteiger partial charge is 0.207 e. The number of benzene rings is 2. The molecule has 0 unspecified atom stereocenters. The van der Waals surface area contributed by atoms with E-state index in [1.54, 1.807) is 18.2 Å². The van der Waals surface area contributed by atoms with Gasteiger partial charge in [-0.25, -0.2) is 0 Å². The van der Waals surface area contributed by atoms with Crippen molar-refractivity contribution >= 4 is 6.08 Å². The van der Waals surface area contributed by atoms with Crippen LogP contribution in [0.5, 0.6) is 28.7 Å². The van der Waals surface area contributed by atoms with Crippen LogP contribution in [0.4, 0.5) is 0 Å². The molecule has 2 rings (SSSR count). The zero-order valence-electron chi connectivity index (χ0n) is 13.4. The van der Waals surface area contributed by atoms with Crippen LogP contribution in [0.3, 0.4) is 0 Å². The SMILES string of the molecule is COc1c(O)cc(C/C=C/c2ccccc2O)c(OC)c1OC. The second kappa shape index (κ2) is 7.45. The number of aromatic hydroxyl groups is 2. The van der Waals surface area contributed by atoms with E-state index in [1.165, 1.54) is 21.3 Å². The fourth-order valence-corrected chi connectivity index (χ4v) is 2.36. The Morgan fingerprint density at radius 2 is 1.52 bits per heavy atom. The highest BCUT2D eigenvalue weighted by atomic mass is 16.5. The van der Waals surface area contributed by atoms with Gasteiger partial charge < -0.3 is 24.4 Å². The second-order valence-electron chi connectivity index (χ2n) is 4.82. The Bertz CT molecular complexity index is 707. The van der Waals surface area contributed by atoms with Crippen molar-refractivity contribution in [3.05, 3.63) is 47.5 Å². The molecule has 23 heavy (non-hydrogen) atoms. The van der Waals surface area contributed by atoms with Gasteiger partial charge in [-0.05, 0) is 18.6 Å². The Balaban J connectivity index is 2.33. The van der Waals surface area contributed by atoms with E-state index >= 15 is 0 Å². The van der Waals surface area contributed by atoms with Crippen LogP contribution in [0.25, 0.3) is 6.08 Å². The first kappa shape index (κ1) is 16.5. The third-order valence-electron chi connectivity index (χ3n) is 3.43. The Morgan fingerprint density at radius 3 is 2.13 bits per heavy atom. The summed E-state index contributed by atoms with van der Waals surface area (Å²) >= 11 is 0. The maximum atomic E-state index is 10.1. The third kappa shape index (κ3) is 3.51. The summed E-state index contributed by atoms with van der Waals surface area (Å²) in [5.41, 5.74) is 1.46. The lowest BCUT2D eigenvalue weighted by molar-refractivity contribution is 0.309. The van der Waals surface area contributed by atoms with Crippen molar-refractivity contribution in [1.29, 1.82) is 0 Å². The topological polar surface area (TPSA) is 68.2 Å². The molecule has 0 aliphatic rings. The highest BCUT2D eigenvalue weighted by Gasteiger charge is 2.19. The van der Waals surface area contributed by atoms with Crippen molar-refractivity contribution in [1.82, 2.24) is 0 Å². The van der Waals surface area contributed by atoms with Crippen LogP contribution >= 0.6 is 0 Å². The highest BCUT2D eigenvalue weighted by molar-refractivity contribution is 5.63. The predicted molar refractivity (Wildman–Crippen MR) is 88.6 cm³/mol. The number of para-hydroxylation sites is 1. The van der Waals surface area contributed by atoms with E-state index in [4.69, 9.17) is 14.2 Å². The van der Waals surface area contributed by atoms with Gasteiger partial charge in [0.05, 0.1) is 21.3 Å². The molecule has 5 heteroatoms. The fourth-order valence-electron chi connectivity index (χ4n) is 2.36. The maximum absolute atomic E-state index is 10.1. The summed E-state index contributed by atoms with van der Waals surface area (Å²) in [6, 6.07) is 8.64. The Hall–Kier alpha value is -2.82. The first-order valence-corrected chi connectivity index (χ1v) is 7.07. The summed E-state index contributed by atoms with van der Waals surface area (Å²) in [7, 11) is 4.47. The number of hydrogen-bond donors (Lipinski definition) is 2. The molecule has 0 aromatic heterocycles. The van der Waals surface area contributed by atoms with Crippen LogP contribution in [0.1, 0.15) is 11.1 Å². The molecule has 5 nitrogen and oxygen atoms in total. The number of phenolic OH excluding ortho intramolecular Hbond substituents is 2. The molecule has 0 heterocycles. The Labute approximate surface area is 135 Å². The molecule has 0 aliphatic carbocycles. The van der Waals surface area contributed by atoms with Gasteiger partial charge in [0.2, 0.25) is 11.5 Å². The highest BCUT2D eigenvalue weighted by Crippen LogP contribution is 2.46. The Kier molecular flexibility index (Phi) is 5.36. The van der Waals surface area contributed by atoms with E-state index in [-0.39, 0.29) is 17.2 Å². The number of allylic oxidation sites excluding steroid dienone is 1. The molecular formula is C18H20O5. The van der Waals surface area contributed by atoms with Crippen LogP contribution in [0.2, 0.25) is 0 Å². The minimum Gasteiger partial charge on any atom is -0.507 e. The van der Waals surface area contributed by atoms with Crippen LogP contribution in [-0.2, 0) is 6.42 Å². The summed E-state index contributed by atoms with van der Waals surface area (Å²) in [5.74, 6) is 1.28. The van der Waals surface area contributed by atoms with Gasteiger partial charge in [0.1, 0.15) is 5.75 Å². The normalized spacial score (nSPS) is 10.7. The molecule has 0 fully saturated rings. The lowest BCUT2D eigenvalue weighted by Crippen LogP contribution is -1.99. The summed E-state index contributed by atoms with van der Waals surface area (Å²) in [6.45, 7) is 0. The standard InChI is InChI=1S/C18H20O5/c1-21-16-13(11-15(20)17(22-2)18(16)23-3)9-6-8-12-7-4-5-10-14(12)19/h4-8,10-11,19-20H,9H2,1-3H3/b8-6+. The summed E-state index contributed by atoms with van der Waals surface area (Å²) in [5, 5.41) is 19.8. The number of rotatable bonds is 6.